The van der Waals surface area contributed by atoms with E-state index in [2.05, 4.69) is 10.6 Å². The fraction of sp³-hybridized carbons (Fsp3) is 0.750. The number of rotatable bonds is 6. The van der Waals surface area contributed by atoms with E-state index in [1.807, 2.05) is 13.8 Å². The monoisotopic (exact) mass is 172 g/mol. The Morgan fingerprint density at radius 3 is 2.50 bits per heavy atom. The highest BCUT2D eigenvalue weighted by atomic mass is 16.2. The zero-order valence-electron chi connectivity index (χ0n) is 7.59. The molecular formula is C8H16N2O2. The molecular weight excluding hydrogens is 156 g/mol. The molecule has 0 rings (SSSR count). The van der Waals surface area contributed by atoms with Crippen LogP contribution in [0.1, 0.15) is 20.3 Å². The van der Waals surface area contributed by atoms with E-state index in [1.165, 1.54) is 0 Å². The van der Waals surface area contributed by atoms with Crippen LogP contribution in [-0.2, 0) is 9.59 Å². The lowest BCUT2D eigenvalue weighted by atomic mass is 10.2. The number of hydrogen-bond acceptors (Lipinski definition) is 3. The van der Waals surface area contributed by atoms with Gasteiger partial charge in [-0.05, 0) is 13.5 Å². The van der Waals surface area contributed by atoms with Gasteiger partial charge in [-0.15, -0.1) is 0 Å². The maximum Gasteiger partial charge on any atom is 0.237 e. The average molecular weight is 172 g/mol. The zero-order chi connectivity index (χ0) is 9.40. The van der Waals surface area contributed by atoms with E-state index in [-0.39, 0.29) is 18.4 Å². The van der Waals surface area contributed by atoms with Crippen molar-refractivity contribution in [3.8, 4) is 0 Å². The van der Waals surface area contributed by atoms with Crippen LogP contribution in [0, 0.1) is 0 Å². The van der Waals surface area contributed by atoms with Crippen molar-refractivity contribution in [1.29, 1.82) is 0 Å². The summed E-state index contributed by atoms with van der Waals surface area (Å²) in [4.78, 5) is 21.4. The summed E-state index contributed by atoms with van der Waals surface area (Å²) in [6.45, 7) is 5.04. The Morgan fingerprint density at radius 2 is 2.08 bits per heavy atom. The van der Waals surface area contributed by atoms with Gasteiger partial charge < -0.3 is 15.4 Å². The lowest BCUT2D eigenvalue weighted by Crippen LogP contribution is -2.44. The van der Waals surface area contributed by atoms with Crippen LogP contribution in [-0.4, -0.2) is 31.3 Å². The van der Waals surface area contributed by atoms with Crippen LogP contribution < -0.4 is 10.6 Å². The van der Waals surface area contributed by atoms with E-state index in [0.717, 1.165) is 6.29 Å². The Hall–Kier alpha value is -0.900. The third-order valence-electron chi connectivity index (χ3n) is 1.45. The first-order valence-corrected chi connectivity index (χ1v) is 4.20. The van der Waals surface area contributed by atoms with Crippen LogP contribution in [0.15, 0.2) is 0 Å². The first kappa shape index (κ1) is 11.1. The summed E-state index contributed by atoms with van der Waals surface area (Å²) in [7, 11) is 0. The van der Waals surface area contributed by atoms with E-state index < -0.39 is 0 Å². The lowest BCUT2D eigenvalue weighted by Gasteiger charge is -2.13. The summed E-state index contributed by atoms with van der Waals surface area (Å²) in [6, 6.07) is -0.368. The lowest BCUT2D eigenvalue weighted by molar-refractivity contribution is -0.124. The number of nitrogens with one attached hydrogen (secondary N) is 2. The topological polar surface area (TPSA) is 58.2 Å². The van der Waals surface area contributed by atoms with Gasteiger partial charge in [0.15, 0.2) is 0 Å². The highest BCUT2D eigenvalue weighted by Gasteiger charge is 2.14. The van der Waals surface area contributed by atoms with Gasteiger partial charge in [-0.1, -0.05) is 6.92 Å². The van der Waals surface area contributed by atoms with Gasteiger partial charge in [-0.25, -0.2) is 0 Å². The molecule has 0 saturated heterocycles. The van der Waals surface area contributed by atoms with Crippen molar-refractivity contribution in [3.05, 3.63) is 0 Å². The van der Waals surface area contributed by atoms with E-state index in [0.29, 0.717) is 13.1 Å². The van der Waals surface area contributed by atoms with Gasteiger partial charge in [-0.3, -0.25) is 4.79 Å². The molecule has 0 aliphatic rings. The highest BCUT2D eigenvalue weighted by molar-refractivity contribution is 5.83. The molecule has 0 aromatic rings. The molecule has 0 saturated carbocycles. The van der Waals surface area contributed by atoms with E-state index in [9.17, 15) is 9.59 Å². The van der Waals surface area contributed by atoms with E-state index in [1.54, 1.807) is 0 Å². The average Bonchev–Trinajstić information content (AvgIpc) is 2.04. The summed E-state index contributed by atoms with van der Waals surface area (Å²) >= 11 is 0. The quantitative estimate of drug-likeness (QED) is 0.540. The van der Waals surface area contributed by atoms with Gasteiger partial charge in [0.1, 0.15) is 6.29 Å². The molecule has 0 bridgehead atoms. The van der Waals surface area contributed by atoms with Gasteiger partial charge >= 0.3 is 0 Å². The molecule has 4 nitrogen and oxygen atoms in total. The second-order valence-corrected chi connectivity index (χ2v) is 2.41. The Labute approximate surface area is 72.7 Å². The minimum Gasteiger partial charge on any atom is -0.355 e. The van der Waals surface area contributed by atoms with Crippen LogP contribution >= 0.6 is 0 Å². The van der Waals surface area contributed by atoms with Crippen molar-refractivity contribution in [2.24, 2.45) is 0 Å². The molecule has 2 N–H and O–H groups in total. The SMILES string of the molecule is CCNC(=O)C(CC=O)NCC. The molecule has 1 atom stereocenters. The number of carbonyl (C=O) groups excluding carboxylic acids is 2. The molecule has 0 aliphatic carbocycles. The molecule has 0 fully saturated rings. The van der Waals surface area contributed by atoms with Crippen molar-refractivity contribution in [2.45, 2.75) is 26.3 Å². The Balaban J connectivity index is 3.89. The van der Waals surface area contributed by atoms with E-state index in [4.69, 9.17) is 0 Å². The molecule has 0 spiro atoms. The molecule has 0 heterocycles. The van der Waals surface area contributed by atoms with Gasteiger partial charge in [0, 0.05) is 13.0 Å². The van der Waals surface area contributed by atoms with Crippen molar-refractivity contribution >= 4 is 12.2 Å². The molecule has 1 unspecified atom stereocenters. The second-order valence-electron chi connectivity index (χ2n) is 2.41. The first-order valence-electron chi connectivity index (χ1n) is 4.20. The Bertz CT molecular complexity index is 148. The van der Waals surface area contributed by atoms with Crippen LogP contribution in [0.5, 0.6) is 0 Å². The largest absolute Gasteiger partial charge is 0.355 e. The molecule has 4 heteroatoms. The second kappa shape index (κ2) is 6.79. The third-order valence-corrected chi connectivity index (χ3v) is 1.45. The van der Waals surface area contributed by atoms with Crippen LogP contribution in [0.25, 0.3) is 0 Å². The van der Waals surface area contributed by atoms with Crippen molar-refractivity contribution in [2.75, 3.05) is 13.1 Å². The predicted octanol–water partition coefficient (Wildman–Crippen LogP) is -0.310. The standard InChI is InChI=1S/C8H16N2O2/c1-3-9-7(5-6-11)8(12)10-4-2/h6-7,9H,3-5H2,1-2H3,(H,10,12). The Kier molecular flexibility index (Phi) is 6.28. The van der Waals surface area contributed by atoms with Crippen molar-refractivity contribution in [3.63, 3.8) is 0 Å². The smallest absolute Gasteiger partial charge is 0.237 e. The van der Waals surface area contributed by atoms with Crippen LogP contribution in [0.4, 0.5) is 0 Å². The summed E-state index contributed by atoms with van der Waals surface area (Å²) < 4.78 is 0. The normalized spacial score (nSPS) is 12.2. The number of aldehydes is 1. The Morgan fingerprint density at radius 1 is 1.42 bits per heavy atom. The van der Waals surface area contributed by atoms with Crippen LogP contribution in [0.3, 0.4) is 0 Å². The van der Waals surface area contributed by atoms with Crippen molar-refractivity contribution < 1.29 is 9.59 Å². The molecule has 70 valence electrons. The van der Waals surface area contributed by atoms with Gasteiger partial charge in [0.2, 0.25) is 5.91 Å². The third kappa shape index (κ3) is 4.08. The zero-order valence-corrected chi connectivity index (χ0v) is 7.59. The van der Waals surface area contributed by atoms with Gasteiger partial charge in [0.25, 0.3) is 0 Å². The van der Waals surface area contributed by atoms with Crippen LogP contribution in [0.2, 0.25) is 0 Å². The van der Waals surface area contributed by atoms with Gasteiger partial charge in [-0.2, -0.15) is 0 Å². The van der Waals surface area contributed by atoms with Gasteiger partial charge in [0.05, 0.1) is 6.04 Å². The maximum atomic E-state index is 11.2. The number of likely N-dealkylation sites (N-methyl/N-ethyl adjacent to an activating group) is 2. The fourth-order valence-corrected chi connectivity index (χ4v) is 0.923. The summed E-state index contributed by atoms with van der Waals surface area (Å²) in [5.41, 5.74) is 0. The maximum absolute atomic E-state index is 11.2. The van der Waals surface area contributed by atoms with E-state index >= 15 is 0 Å². The molecule has 0 aliphatic heterocycles. The predicted molar refractivity (Wildman–Crippen MR) is 46.8 cm³/mol. The summed E-state index contributed by atoms with van der Waals surface area (Å²) in [6.07, 6.45) is 0.988. The first-order chi connectivity index (χ1) is 5.76. The summed E-state index contributed by atoms with van der Waals surface area (Å²) in [5, 5.41) is 5.58. The fourth-order valence-electron chi connectivity index (χ4n) is 0.923. The minimum absolute atomic E-state index is 0.105. The highest BCUT2D eigenvalue weighted by Crippen LogP contribution is 1.88. The minimum atomic E-state index is -0.368. The number of hydrogen-bond donors (Lipinski definition) is 2. The number of carbonyl (C=O) groups is 2. The molecule has 0 aromatic carbocycles. The molecule has 0 aromatic heterocycles. The molecule has 12 heavy (non-hydrogen) atoms. The number of amides is 1. The molecule has 1 amide bonds. The summed E-state index contributed by atoms with van der Waals surface area (Å²) in [5.74, 6) is -0.105. The van der Waals surface area contributed by atoms with Crippen molar-refractivity contribution in [1.82, 2.24) is 10.6 Å². The molecule has 0 radical (unpaired) electrons.